The van der Waals surface area contributed by atoms with Gasteiger partial charge in [0.25, 0.3) is 0 Å². The number of hydrogen-bond donors (Lipinski definition) is 1. The van der Waals surface area contributed by atoms with Crippen molar-refractivity contribution in [3.05, 3.63) is 29.3 Å². The van der Waals surface area contributed by atoms with Crippen LogP contribution in [0.5, 0.6) is 0 Å². The molecule has 0 radical (unpaired) electrons. The standard InChI is InChI=1S/C19H29N3O3/c1-14-9-15(2)11-17(10-14)20-18(23)12-19(24)21(4)13-16(3)22-5-7-25-8-6-22/h9-11,16H,5-8,12-13H2,1-4H3,(H,20,23)/t16-/m1/s1. The highest BCUT2D eigenvalue weighted by Gasteiger charge is 2.21. The van der Waals surface area contributed by atoms with Crippen molar-refractivity contribution in [2.24, 2.45) is 0 Å². The third kappa shape index (κ3) is 6.14. The van der Waals surface area contributed by atoms with Gasteiger partial charge in [-0.3, -0.25) is 14.5 Å². The SMILES string of the molecule is Cc1cc(C)cc(NC(=O)CC(=O)N(C)C[C@@H](C)N2CCOCC2)c1. The first-order valence-electron chi connectivity index (χ1n) is 8.79. The molecule has 1 aromatic rings. The smallest absolute Gasteiger partial charge is 0.233 e. The van der Waals surface area contributed by atoms with E-state index in [1.165, 1.54) is 0 Å². The second-order valence-electron chi connectivity index (χ2n) is 6.87. The highest BCUT2D eigenvalue weighted by Crippen LogP contribution is 2.14. The number of ether oxygens (including phenoxy) is 1. The minimum absolute atomic E-state index is 0.140. The van der Waals surface area contributed by atoms with Gasteiger partial charge in [0.15, 0.2) is 0 Å². The number of aryl methyl sites for hydroxylation is 2. The van der Waals surface area contributed by atoms with Crippen LogP contribution in [0.4, 0.5) is 5.69 Å². The van der Waals surface area contributed by atoms with Crippen molar-refractivity contribution < 1.29 is 14.3 Å². The Balaban J connectivity index is 1.82. The normalized spacial score (nSPS) is 16.3. The molecule has 0 bridgehead atoms. The van der Waals surface area contributed by atoms with Crippen LogP contribution in [0.1, 0.15) is 24.5 Å². The summed E-state index contributed by atoms with van der Waals surface area (Å²) in [6.07, 6.45) is -0.140. The van der Waals surface area contributed by atoms with Crippen molar-refractivity contribution in [2.45, 2.75) is 33.2 Å². The number of hydrogen-bond acceptors (Lipinski definition) is 4. The van der Waals surface area contributed by atoms with E-state index >= 15 is 0 Å². The van der Waals surface area contributed by atoms with Gasteiger partial charge in [0, 0.05) is 38.4 Å². The lowest BCUT2D eigenvalue weighted by Crippen LogP contribution is -2.48. The molecule has 1 saturated heterocycles. The van der Waals surface area contributed by atoms with Crippen molar-refractivity contribution in [2.75, 3.05) is 45.2 Å². The van der Waals surface area contributed by atoms with Gasteiger partial charge in [-0.05, 0) is 44.0 Å². The predicted octanol–water partition coefficient (Wildman–Crippen LogP) is 1.81. The molecule has 0 spiro atoms. The van der Waals surface area contributed by atoms with Crippen LogP contribution in [0.2, 0.25) is 0 Å². The highest BCUT2D eigenvalue weighted by atomic mass is 16.5. The van der Waals surface area contributed by atoms with Crippen LogP contribution in [0.25, 0.3) is 0 Å². The van der Waals surface area contributed by atoms with Crippen molar-refractivity contribution in [3.63, 3.8) is 0 Å². The summed E-state index contributed by atoms with van der Waals surface area (Å²) in [4.78, 5) is 28.4. The average Bonchev–Trinajstić information content (AvgIpc) is 2.54. The number of nitrogens with zero attached hydrogens (tertiary/aromatic N) is 2. The van der Waals surface area contributed by atoms with Gasteiger partial charge in [-0.2, -0.15) is 0 Å². The summed E-state index contributed by atoms with van der Waals surface area (Å²) in [7, 11) is 1.75. The molecule has 6 heteroatoms. The van der Waals surface area contributed by atoms with Gasteiger partial charge in [-0.15, -0.1) is 0 Å². The summed E-state index contributed by atoms with van der Waals surface area (Å²) in [6, 6.07) is 6.10. The summed E-state index contributed by atoms with van der Waals surface area (Å²) in [5, 5.41) is 2.81. The Labute approximate surface area is 150 Å². The molecule has 1 atom stereocenters. The largest absolute Gasteiger partial charge is 0.379 e. The Bertz CT molecular complexity index is 592. The first kappa shape index (κ1) is 19.4. The topological polar surface area (TPSA) is 61.9 Å². The van der Waals surface area contributed by atoms with Crippen LogP contribution < -0.4 is 5.32 Å². The summed E-state index contributed by atoms with van der Waals surface area (Å²) in [6.45, 7) is 9.91. The maximum atomic E-state index is 12.3. The van der Waals surface area contributed by atoms with E-state index in [0.29, 0.717) is 6.54 Å². The molecule has 2 amide bonds. The van der Waals surface area contributed by atoms with Crippen molar-refractivity contribution >= 4 is 17.5 Å². The maximum Gasteiger partial charge on any atom is 0.233 e. The summed E-state index contributed by atoms with van der Waals surface area (Å²) in [5.41, 5.74) is 2.90. The number of carbonyl (C=O) groups excluding carboxylic acids is 2. The number of carbonyl (C=O) groups is 2. The monoisotopic (exact) mass is 347 g/mol. The third-order valence-electron chi connectivity index (χ3n) is 4.45. The van der Waals surface area contributed by atoms with E-state index in [2.05, 4.69) is 17.1 Å². The molecule has 1 aromatic carbocycles. The van der Waals surface area contributed by atoms with Crippen molar-refractivity contribution in [1.82, 2.24) is 9.80 Å². The Morgan fingerprint density at radius 1 is 1.20 bits per heavy atom. The molecular formula is C19H29N3O3. The molecule has 1 aliphatic rings. The minimum Gasteiger partial charge on any atom is -0.379 e. The fraction of sp³-hybridized carbons (Fsp3) is 0.579. The van der Waals surface area contributed by atoms with E-state index in [1.807, 2.05) is 32.0 Å². The molecule has 2 rings (SSSR count). The predicted molar refractivity (Wildman–Crippen MR) is 98.7 cm³/mol. The molecule has 1 N–H and O–H groups in total. The third-order valence-corrected chi connectivity index (χ3v) is 4.45. The number of nitrogens with one attached hydrogen (secondary N) is 1. The lowest BCUT2D eigenvalue weighted by Gasteiger charge is -2.34. The van der Waals surface area contributed by atoms with Gasteiger partial charge in [-0.25, -0.2) is 0 Å². The van der Waals surface area contributed by atoms with E-state index < -0.39 is 0 Å². The average molecular weight is 347 g/mol. The van der Waals surface area contributed by atoms with Crippen LogP contribution >= 0.6 is 0 Å². The molecule has 1 fully saturated rings. The maximum absolute atomic E-state index is 12.3. The van der Waals surface area contributed by atoms with E-state index in [4.69, 9.17) is 4.74 Å². The Morgan fingerprint density at radius 3 is 2.40 bits per heavy atom. The zero-order chi connectivity index (χ0) is 18.4. The van der Waals surface area contributed by atoms with Gasteiger partial charge in [0.2, 0.25) is 11.8 Å². The van der Waals surface area contributed by atoms with Crippen LogP contribution in [0.15, 0.2) is 18.2 Å². The highest BCUT2D eigenvalue weighted by molar-refractivity contribution is 6.03. The number of anilines is 1. The molecule has 1 aliphatic heterocycles. The fourth-order valence-electron chi connectivity index (χ4n) is 3.16. The molecule has 6 nitrogen and oxygen atoms in total. The molecule has 0 aromatic heterocycles. The molecule has 1 heterocycles. The zero-order valence-electron chi connectivity index (χ0n) is 15.7. The van der Waals surface area contributed by atoms with Crippen LogP contribution in [-0.4, -0.2) is 67.6 Å². The van der Waals surface area contributed by atoms with E-state index in [0.717, 1.165) is 43.1 Å². The molecule has 25 heavy (non-hydrogen) atoms. The van der Waals surface area contributed by atoms with Crippen LogP contribution in [0, 0.1) is 13.8 Å². The second-order valence-corrected chi connectivity index (χ2v) is 6.87. The van der Waals surface area contributed by atoms with E-state index in [1.54, 1.807) is 11.9 Å². The number of morpholine rings is 1. The number of likely N-dealkylation sites (N-methyl/N-ethyl adjacent to an activating group) is 1. The molecule has 138 valence electrons. The Morgan fingerprint density at radius 2 is 1.80 bits per heavy atom. The van der Waals surface area contributed by atoms with Gasteiger partial charge in [0.05, 0.1) is 13.2 Å². The van der Waals surface area contributed by atoms with Gasteiger partial charge < -0.3 is 15.0 Å². The van der Waals surface area contributed by atoms with Gasteiger partial charge in [-0.1, -0.05) is 6.07 Å². The minimum atomic E-state index is -0.277. The Kier molecular flexibility index (Phi) is 6.96. The zero-order valence-corrected chi connectivity index (χ0v) is 15.7. The lowest BCUT2D eigenvalue weighted by molar-refractivity contribution is -0.134. The lowest BCUT2D eigenvalue weighted by atomic mass is 10.1. The quantitative estimate of drug-likeness (QED) is 0.797. The summed E-state index contributed by atoms with van der Waals surface area (Å²) >= 11 is 0. The summed E-state index contributed by atoms with van der Waals surface area (Å²) < 4.78 is 5.35. The fourth-order valence-corrected chi connectivity index (χ4v) is 3.16. The van der Waals surface area contributed by atoms with Gasteiger partial charge in [0.1, 0.15) is 6.42 Å². The van der Waals surface area contributed by atoms with Gasteiger partial charge >= 0.3 is 0 Å². The molecule has 0 aliphatic carbocycles. The van der Waals surface area contributed by atoms with E-state index in [9.17, 15) is 9.59 Å². The van der Waals surface area contributed by atoms with Crippen molar-refractivity contribution in [1.29, 1.82) is 0 Å². The first-order chi connectivity index (χ1) is 11.8. The number of benzene rings is 1. The number of rotatable bonds is 6. The summed E-state index contributed by atoms with van der Waals surface area (Å²) in [5.74, 6) is -0.442. The molecular weight excluding hydrogens is 318 g/mol. The first-order valence-corrected chi connectivity index (χ1v) is 8.79. The van der Waals surface area contributed by atoms with E-state index in [-0.39, 0.29) is 24.3 Å². The van der Waals surface area contributed by atoms with Crippen molar-refractivity contribution in [3.8, 4) is 0 Å². The van der Waals surface area contributed by atoms with Crippen LogP contribution in [-0.2, 0) is 14.3 Å². The second kappa shape index (κ2) is 8.97. The molecule has 0 saturated carbocycles. The molecule has 0 unspecified atom stereocenters. The Hall–Kier alpha value is -1.92. The van der Waals surface area contributed by atoms with Crippen LogP contribution in [0.3, 0.4) is 0 Å². The number of amides is 2.